The van der Waals surface area contributed by atoms with Gasteiger partial charge in [-0.2, -0.15) is 0 Å². The van der Waals surface area contributed by atoms with Gasteiger partial charge in [0.15, 0.2) is 23.4 Å². The van der Waals surface area contributed by atoms with Crippen LogP contribution in [0.1, 0.15) is 40.8 Å². The number of aromatic nitrogens is 4. The average Bonchev–Trinajstić information content (AvgIpc) is 3.28. The number of alkyl halides is 1. The highest BCUT2D eigenvalue weighted by Crippen LogP contribution is 2.43. The standard InChI is InChI=1S/C20H31FN6O6P/c1-11(17(29)31-8-19(2,3)4)26-34(30)32-7-12-14(28)20(5,21)18(33-12)27-10-25-13-15(22-6)23-9-24-16(13)27/h9-12,14,18,28H,7-8H2,1-6H3,(H,26,30)(H,22,23,24)/q+1/t11-,12+,14+,18+,20+/m0/s1. The summed E-state index contributed by atoms with van der Waals surface area (Å²) < 4.78 is 45.3. The molecule has 1 unspecified atom stereocenters. The molecule has 0 saturated carbocycles. The predicted molar refractivity (Wildman–Crippen MR) is 121 cm³/mol. The Balaban J connectivity index is 1.62. The first-order valence-corrected chi connectivity index (χ1v) is 11.9. The molecule has 188 valence electrons. The van der Waals surface area contributed by atoms with Crippen LogP contribution in [0.5, 0.6) is 0 Å². The number of anilines is 1. The molecule has 6 atom stereocenters. The number of aliphatic hydroxyl groups excluding tert-OH is 1. The molecule has 1 saturated heterocycles. The third kappa shape index (κ3) is 5.66. The van der Waals surface area contributed by atoms with Crippen molar-refractivity contribution in [2.45, 2.75) is 64.8 Å². The van der Waals surface area contributed by atoms with E-state index in [0.717, 1.165) is 0 Å². The fourth-order valence-corrected chi connectivity index (χ4v) is 4.14. The Bertz CT molecular complexity index is 1040. The molecule has 0 spiro atoms. The van der Waals surface area contributed by atoms with E-state index in [0.29, 0.717) is 17.0 Å². The summed E-state index contributed by atoms with van der Waals surface area (Å²) in [6.45, 7) is 8.26. The highest BCUT2D eigenvalue weighted by atomic mass is 31.1. The van der Waals surface area contributed by atoms with Crippen LogP contribution in [-0.2, 0) is 23.4 Å². The first-order valence-electron chi connectivity index (χ1n) is 10.8. The molecule has 1 aliphatic heterocycles. The van der Waals surface area contributed by atoms with E-state index in [-0.39, 0.29) is 18.6 Å². The number of ether oxygens (including phenoxy) is 2. The second-order valence-corrected chi connectivity index (χ2v) is 10.5. The Morgan fingerprint density at radius 3 is 2.76 bits per heavy atom. The Hall–Kier alpha value is -2.31. The molecule has 3 rings (SSSR count). The van der Waals surface area contributed by atoms with Crippen molar-refractivity contribution in [3.8, 4) is 0 Å². The summed E-state index contributed by atoms with van der Waals surface area (Å²) in [5.74, 6) is -0.119. The number of nitrogens with one attached hydrogen (secondary N) is 2. The molecule has 12 nitrogen and oxygen atoms in total. The van der Waals surface area contributed by atoms with Gasteiger partial charge in [-0.25, -0.2) is 19.3 Å². The topological polar surface area (TPSA) is 150 Å². The molecular weight excluding hydrogens is 470 g/mol. The van der Waals surface area contributed by atoms with E-state index in [1.165, 1.54) is 31.1 Å². The van der Waals surface area contributed by atoms with Crippen molar-refractivity contribution >= 4 is 31.1 Å². The van der Waals surface area contributed by atoms with Gasteiger partial charge in [-0.05, 0) is 23.8 Å². The summed E-state index contributed by atoms with van der Waals surface area (Å²) in [4.78, 5) is 24.5. The van der Waals surface area contributed by atoms with Crippen LogP contribution in [0.15, 0.2) is 12.7 Å². The summed E-state index contributed by atoms with van der Waals surface area (Å²) in [5.41, 5.74) is -1.70. The number of hydrogen-bond donors (Lipinski definition) is 3. The van der Waals surface area contributed by atoms with E-state index in [2.05, 4.69) is 25.4 Å². The van der Waals surface area contributed by atoms with Crippen molar-refractivity contribution in [2.75, 3.05) is 25.6 Å². The number of aliphatic hydroxyl groups is 1. The van der Waals surface area contributed by atoms with Crippen LogP contribution in [0.3, 0.4) is 0 Å². The Labute approximate surface area is 197 Å². The zero-order chi connectivity index (χ0) is 25.3. The molecule has 0 amide bonds. The van der Waals surface area contributed by atoms with Gasteiger partial charge in [0.05, 0.1) is 12.9 Å². The summed E-state index contributed by atoms with van der Waals surface area (Å²) in [6, 6.07) is -0.891. The molecule has 3 N–H and O–H groups in total. The second-order valence-electron chi connectivity index (χ2n) is 9.49. The van der Waals surface area contributed by atoms with Gasteiger partial charge in [-0.1, -0.05) is 25.9 Å². The SMILES string of the molecule is CNc1ncnc2c1ncn2[C@@H]1O[C@H](CO[P+](=O)N[C@@H](C)C(=O)OCC(C)(C)C)[C@@H](O)[C@@]1(C)F. The average molecular weight is 501 g/mol. The number of nitrogens with zero attached hydrogens (tertiary/aromatic N) is 4. The number of hydrogen-bond acceptors (Lipinski definition) is 10. The van der Waals surface area contributed by atoms with Gasteiger partial charge in [-0.15, -0.1) is 4.52 Å². The van der Waals surface area contributed by atoms with E-state index >= 15 is 4.39 Å². The molecule has 3 heterocycles. The fraction of sp³-hybridized carbons (Fsp3) is 0.700. The van der Waals surface area contributed by atoms with E-state index in [9.17, 15) is 14.5 Å². The number of fused-ring (bicyclic) bond motifs is 1. The fourth-order valence-electron chi connectivity index (χ4n) is 3.36. The van der Waals surface area contributed by atoms with Crippen LogP contribution in [0, 0.1) is 5.41 Å². The van der Waals surface area contributed by atoms with Crippen molar-refractivity contribution in [1.82, 2.24) is 24.6 Å². The Morgan fingerprint density at radius 2 is 2.12 bits per heavy atom. The lowest BCUT2D eigenvalue weighted by atomic mass is 9.98. The maximum absolute atomic E-state index is 15.5. The van der Waals surface area contributed by atoms with Crippen LogP contribution in [0.2, 0.25) is 0 Å². The molecule has 2 aromatic rings. The lowest BCUT2D eigenvalue weighted by molar-refractivity contribution is -0.148. The smallest absolute Gasteiger partial charge is 0.464 e. The first-order chi connectivity index (χ1) is 15.8. The first kappa shape index (κ1) is 26.3. The maximum atomic E-state index is 15.5. The van der Waals surface area contributed by atoms with E-state index in [1.54, 1.807) is 7.05 Å². The number of imidazole rings is 1. The highest BCUT2D eigenvalue weighted by molar-refractivity contribution is 7.36. The largest absolute Gasteiger partial charge is 0.613 e. The van der Waals surface area contributed by atoms with Gasteiger partial charge in [0.25, 0.3) is 0 Å². The predicted octanol–water partition coefficient (Wildman–Crippen LogP) is 2.10. The minimum Gasteiger partial charge on any atom is -0.464 e. The van der Waals surface area contributed by atoms with Gasteiger partial charge < -0.3 is 19.9 Å². The molecule has 14 heteroatoms. The van der Waals surface area contributed by atoms with Crippen molar-refractivity contribution in [3.05, 3.63) is 12.7 Å². The minimum atomic E-state index is -2.51. The van der Waals surface area contributed by atoms with Crippen LogP contribution in [-0.4, -0.2) is 74.8 Å². The zero-order valence-corrected chi connectivity index (χ0v) is 20.9. The Morgan fingerprint density at radius 1 is 1.41 bits per heavy atom. The lowest BCUT2D eigenvalue weighted by Crippen LogP contribution is -2.40. The number of esters is 1. The summed E-state index contributed by atoms with van der Waals surface area (Å²) in [7, 11) is -0.844. The van der Waals surface area contributed by atoms with Crippen LogP contribution >= 0.6 is 8.18 Å². The number of carbonyl (C=O) groups is 1. The third-order valence-corrected chi connectivity index (χ3v) is 6.20. The van der Waals surface area contributed by atoms with E-state index in [4.69, 9.17) is 14.0 Å². The zero-order valence-electron chi connectivity index (χ0n) is 20.0. The van der Waals surface area contributed by atoms with Gasteiger partial charge in [0, 0.05) is 7.05 Å². The maximum Gasteiger partial charge on any atom is 0.613 e. The molecule has 0 aromatic carbocycles. The van der Waals surface area contributed by atoms with E-state index in [1.807, 2.05) is 20.8 Å². The number of carbonyl (C=O) groups excluding carboxylic acids is 1. The van der Waals surface area contributed by atoms with Crippen LogP contribution < -0.4 is 10.4 Å². The van der Waals surface area contributed by atoms with Crippen molar-refractivity contribution in [1.29, 1.82) is 0 Å². The van der Waals surface area contributed by atoms with Crippen LogP contribution in [0.25, 0.3) is 11.2 Å². The van der Waals surface area contributed by atoms with Crippen molar-refractivity contribution < 1.29 is 32.9 Å². The van der Waals surface area contributed by atoms with Gasteiger partial charge in [0.1, 0.15) is 36.7 Å². The van der Waals surface area contributed by atoms with Gasteiger partial charge >= 0.3 is 14.1 Å². The molecular formula is C20H31FN6O6P+. The normalized spacial score (nSPS) is 26.5. The summed E-state index contributed by atoms with van der Waals surface area (Å²) in [5, 5.41) is 15.9. The summed E-state index contributed by atoms with van der Waals surface area (Å²) in [6.07, 6.45) is -1.33. The molecule has 0 radical (unpaired) electrons. The molecule has 0 aliphatic carbocycles. The third-order valence-electron chi connectivity index (χ3n) is 5.22. The minimum absolute atomic E-state index is 0.206. The lowest BCUT2D eigenvalue weighted by Gasteiger charge is -2.24. The molecule has 2 aromatic heterocycles. The monoisotopic (exact) mass is 501 g/mol. The highest BCUT2D eigenvalue weighted by Gasteiger charge is 2.56. The molecule has 1 aliphatic rings. The molecule has 0 bridgehead atoms. The van der Waals surface area contributed by atoms with Crippen LogP contribution in [0.4, 0.5) is 10.2 Å². The number of halogens is 1. The second kappa shape index (κ2) is 10.1. The van der Waals surface area contributed by atoms with Crippen molar-refractivity contribution in [3.63, 3.8) is 0 Å². The summed E-state index contributed by atoms with van der Waals surface area (Å²) >= 11 is 0. The van der Waals surface area contributed by atoms with E-state index < -0.39 is 44.3 Å². The van der Waals surface area contributed by atoms with Gasteiger partial charge in [0.2, 0.25) is 0 Å². The van der Waals surface area contributed by atoms with Gasteiger partial charge in [-0.3, -0.25) is 9.36 Å². The molecule has 34 heavy (non-hydrogen) atoms. The van der Waals surface area contributed by atoms with Crippen molar-refractivity contribution in [2.24, 2.45) is 5.41 Å². The molecule has 1 fully saturated rings. The Kier molecular flexibility index (Phi) is 7.83. The quantitative estimate of drug-likeness (QED) is 0.342. The number of rotatable bonds is 9.